The Bertz CT molecular complexity index is 1380. The Balaban J connectivity index is 1.23. The highest BCUT2D eigenvalue weighted by Crippen LogP contribution is 2.53. The average molecular weight is 576 g/mol. The zero-order valence-corrected chi connectivity index (χ0v) is 23.7. The number of nitrogens with one attached hydrogen (secondary N) is 3. The number of hydrogen-bond acceptors (Lipinski definition) is 7. The summed E-state index contributed by atoms with van der Waals surface area (Å²) in [4.78, 5) is 67.6. The van der Waals surface area contributed by atoms with Gasteiger partial charge in [0.15, 0.2) is 0 Å². The molecule has 11 heteroatoms. The number of pyridine rings is 2. The van der Waals surface area contributed by atoms with Crippen molar-refractivity contribution in [1.29, 1.82) is 0 Å². The van der Waals surface area contributed by atoms with Gasteiger partial charge in [-0.25, -0.2) is 4.79 Å². The monoisotopic (exact) mass is 575 g/mol. The summed E-state index contributed by atoms with van der Waals surface area (Å²) in [7, 11) is 1.26. The minimum absolute atomic E-state index is 0.00168. The Morgan fingerprint density at radius 1 is 1.05 bits per heavy atom. The van der Waals surface area contributed by atoms with Crippen LogP contribution in [0.15, 0.2) is 59.8 Å². The number of carbonyl (C=O) groups excluding carboxylic acids is 4. The lowest BCUT2D eigenvalue weighted by Crippen LogP contribution is -2.56. The molecule has 2 aromatic rings. The topological polar surface area (TPSA) is 148 Å². The smallest absolute Gasteiger partial charge is 0.330 e. The number of amides is 3. The number of anilines is 1. The zero-order valence-electron chi connectivity index (χ0n) is 23.7. The number of rotatable bonds is 11. The third kappa shape index (κ3) is 6.95. The van der Waals surface area contributed by atoms with Gasteiger partial charge < -0.3 is 25.3 Å². The molecule has 4 fully saturated rings. The van der Waals surface area contributed by atoms with E-state index in [2.05, 4.69) is 25.7 Å². The highest BCUT2D eigenvalue weighted by atomic mass is 16.5. The molecule has 4 aliphatic carbocycles. The van der Waals surface area contributed by atoms with Crippen molar-refractivity contribution in [3.8, 4) is 0 Å². The lowest BCUT2D eigenvalue weighted by Gasteiger charge is -2.54. The lowest BCUT2D eigenvalue weighted by molar-refractivity contribution is -0.134. The quantitative estimate of drug-likeness (QED) is 0.275. The van der Waals surface area contributed by atoms with Crippen molar-refractivity contribution in [2.45, 2.75) is 63.6 Å². The van der Waals surface area contributed by atoms with Crippen molar-refractivity contribution in [2.75, 3.05) is 12.4 Å². The second-order valence-electron chi connectivity index (χ2n) is 11.6. The van der Waals surface area contributed by atoms with Crippen LogP contribution in [-0.4, -0.2) is 52.4 Å². The van der Waals surface area contributed by atoms with Crippen LogP contribution in [-0.2, 0) is 25.7 Å². The van der Waals surface area contributed by atoms with E-state index in [4.69, 9.17) is 0 Å². The fourth-order valence-corrected chi connectivity index (χ4v) is 7.05. The lowest BCUT2D eigenvalue weighted by atomic mass is 9.54. The standard InChI is InChI=1S/C31H37N5O6/c1-42-27(38)7-3-2-5-24(33-29(39)21-8-10-32-11-9-21)30(40)34-25-6-4-12-36(31(25)41)18-26(37)35-28-22-14-19-13-20(16-22)17-23(28)15-19/h3-4,6-12,19-20,22-24,28H,2,5,13-18H2,1H3,(H,33,39)(H,34,40)(H,35,37)/b7-3+/t19?,20?,22?,23?,24-,28?/m0/s1. The largest absolute Gasteiger partial charge is 0.466 e. The van der Waals surface area contributed by atoms with E-state index in [0.717, 1.165) is 11.8 Å². The molecular weight excluding hydrogens is 538 g/mol. The van der Waals surface area contributed by atoms with Gasteiger partial charge in [0.1, 0.15) is 18.3 Å². The molecule has 0 saturated heterocycles. The Morgan fingerprint density at radius 3 is 2.40 bits per heavy atom. The summed E-state index contributed by atoms with van der Waals surface area (Å²) in [5.74, 6) is 0.810. The van der Waals surface area contributed by atoms with Crippen molar-refractivity contribution in [2.24, 2.45) is 23.7 Å². The number of nitrogens with zero attached hydrogens (tertiary/aromatic N) is 2. The van der Waals surface area contributed by atoms with Gasteiger partial charge in [-0.2, -0.15) is 0 Å². The molecule has 6 rings (SSSR count). The third-order valence-corrected chi connectivity index (χ3v) is 8.79. The van der Waals surface area contributed by atoms with E-state index in [1.54, 1.807) is 12.1 Å². The predicted molar refractivity (Wildman–Crippen MR) is 154 cm³/mol. The summed E-state index contributed by atoms with van der Waals surface area (Å²) < 4.78 is 5.86. The van der Waals surface area contributed by atoms with Gasteiger partial charge in [-0.15, -0.1) is 0 Å². The van der Waals surface area contributed by atoms with Crippen LogP contribution in [0.1, 0.15) is 55.3 Å². The van der Waals surface area contributed by atoms with Crippen LogP contribution >= 0.6 is 0 Å². The van der Waals surface area contributed by atoms with Gasteiger partial charge in [0.05, 0.1) is 7.11 Å². The molecule has 4 bridgehead atoms. The second-order valence-corrected chi connectivity index (χ2v) is 11.6. The molecule has 1 atom stereocenters. The van der Waals surface area contributed by atoms with E-state index >= 15 is 0 Å². The Labute approximate surface area is 244 Å². The van der Waals surface area contributed by atoms with Gasteiger partial charge in [0.25, 0.3) is 11.5 Å². The number of hydrogen-bond donors (Lipinski definition) is 3. The van der Waals surface area contributed by atoms with Crippen LogP contribution in [0.5, 0.6) is 0 Å². The van der Waals surface area contributed by atoms with Gasteiger partial charge >= 0.3 is 5.97 Å². The fraction of sp³-hybridized carbons (Fsp3) is 0.484. The number of methoxy groups -OCH3 is 1. The normalized spacial score (nSPS) is 24.6. The molecule has 3 amide bonds. The highest BCUT2D eigenvalue weighted by molar-refractivity contribution is 6.01. The van der Waals surface area contributed by atoms with E-state index < -0.39 is 29.4 Å². The van der Waals surface area contributed by atoms with Gasteiger partial charge in [-0.1, -0.05) is 6.08 Å². The first-order valence-electron chi connectivity index (χ1n) is 14.6. The Morgan fingerprint density at radius 2 is 1.74 bits per heavy atom. The van der Waals surface area contributed by atoms with E-state index in [9.17, 15) is 24.0 Å². The molecule has 3 N–H and O–H groups in total. The van der Waals surface area contributed by atoms with E-state index in [-0.39, 0.29) is 37.0 Å². The first-order chi connectivity index (χ1) is 20.3. The van der Waals surface area contributed by atoms with E-state index in [1.165, 1.54) is 86.6 Å². The number of carbonyl (C=O) groups is 4. The molecule has 11 nitrogen and oxygen atoms in total. The molecule has 222 valence electrons. The van der Waals surface area contributed by atoms with Gasteiger partial charge in [-0.05, 0) is 92.9 Å². The van der Waals surface area contributed by atoms with Crippen molar-refractivity contribution in [3.05, 3.63) is 70.9 Å². The number of ether oxygens (including phenoxy) is 1. The number of aromatic nitrogens is 2. The van der Waals surface area contributed by atoms with Gasteiger partial charge in [-0.3, -0.25) is 24.2 Å². The van der Waals surface area contributed by atoms with Crippen molar-refractivity contribution in [1.82, 2.24) is 20.2 Å². The molecular formula is C31H37N5O6. The van der Waals surface area contributed by atoms with Gasteiger partial charge in [0.2, 0.25) is 11.8 Å². The molecule has 2 heterocycles. The van der Waals surface area contributed by atoms with Crippen LogP contribution in [0, 0.1) is 23.7 Å². The fourth-order valence-electron chi connectivity index (χ4n) is 7.05. The van der Waals surface area contributed by atoms with Gasteiger partial charge in [0, 0.05) is 36.3 Å². The summed E-state index contributed by atoms with van der Waals surface area (Å²) in [5.41, 5.74) is -0.200. The SMILES string of the molecule is COC(=O)/C=C/CC[C@H](NC(=O)c1ccncc1)C(=O)Nc1cccn(CC(=O)NC2C3CC4CC(C3)CC2C4)c1=O. The van der Waals surface area contributed by atoms with Crippen LogP contribution in [0.2, 0.25) is 0 Å². The molecule has 0 spiro atoms. The minimum atomic E-state index is -1.01. The number of esters is 1. The minimum Gasteiger partial charge on any atom is -0.466 e. The van der Waals surface area contributed by atoms with Crippen molar-refractivity contribution < 1.29 is 23.9 Å². The first-order valence-corrected chi connectivity index (χ1v) is 14.6. The maximum Gasteiger partial charge on any atom is 0.330 e. The number of allylic oxidation sites excluding steroid dienone is 1. The molecule has 4 aliphatic rings. The van der Waals surface area contributed by atoms with Crippen molar-refractivity contribution >= 4 is 29.4 Å². The molecule has 0 aromatic carbocycles. The van der Waals surface area contributed by atoms with Crippen LogP contribution in [0.4, 0.5) is 5.69 Å². The molecule has 4 saturated carbocycles. The second kappa shape index (κ2) is 13.1. The molecule has 0 unspecified atom stereocenters. The summed E-state index contributed by atoms with van der Waals surface area (Å²) >= 11 is 0. The summed E-state index contributed by atoms with van der Waals surface area (Å²) in [5, 5.41) is 8.53. The maximum atomic E-state index is 13.3. The Kier molecular flexibility index (Phi) is 9.14. The Hall–Kier alpha value is -4.28. The van der Waals surface area contributed by atoms with Crippen LogP contribution < -0.4 is 21.5 Å². The molecule has 2 aromatic heterocycles. The first kappa shape index (κ1) is 29.2. The van der Waals surface area contributed by atoms with Crippen LogP contribution in [0.25, 0.3) is 0 Å². The molecule has 42 heavy (non-hydrogen) atoms. The summed E-state index contributed by atoms with van der Waals surface area (Å²) in [6, 6.07) is 5.25. The third-order valence-electron chi connectivity index (χ3n) is 8.79. The average Bonchev–Trinajstić information content (AvgIpc) is 2.98. The summed E-state index contributed by atoms with van der Waals surface area (Å²) in [6.07, 6.45) is 13.7. The zero-order chi connectivity index (χ0) is 29.6. The predicted octanol–water partition coefficient (Wildman–Crippen LogP) is 2.43. The van der Waals surface area contributed by atoms with Crippen LogP contribution in [0.3, 0.4) is 0 Å². The maximum absolute atomic E-state index is 13.3. The van der Waals surface area contributed by atoms with Crippen molar-refractivity contribution in [3.63, 3.8) is 0 Å². The van der Waals surface area contributed by atoms with E-state index in [0.29, 0.717) is 17.4 Å². The molecule has 0 radical (unpaired) electrons. The van der Waals surface area contributed by atoms with E-state index in [1.807, 2.05) is 0 Å². The molecule has 0 aliphatic heterocycles. The highest BCUT2D eigenvalue weighted by Gasteiger charge is 2.48. The summed E-state index contributed by atoms with van der Waals surface area (Å²) in [6.45, 7) is -0.147.